The smallest absolute Gasteiger partial charge is 0.356 e. The molecule has 3 rings (SSSR count). The Balaban J connectivity index is 2.01. The molecule has 4 nitrogen and oxygen atoms in total. The molecule has 0 atom stereocenters. The number of ether oxygens (including phenoxy) is 2. The van der Waals surface area contributed by atoms with E-state index >= 15 is 0 Å². The van der Waals surface area contributed by atoms with Gasteiger partial charge in [0.2, 0.25) is 0 Å². The molecule has 0 saturated heterocycles. The van der Waals surface area contributed by atoms with Crippen LogP contribution in [0.3, 0.4) is 0 Å². The van der Waals surface area contributed by atoms with Gasteiger partial charge in [-0.15, -0.1) is 0 Å². The summed E-state index contributed by atoms with van der Waals surface area (Å²) in [5, 5.41) is 0.883. The van der Waals surface area contributed by atoms with Gasteiger partial charge in [0.15, 0.2) is 5.69 Å². The van der Waals surface area contributed by atoms with Gasteiger partial charge in [-0.1, -0.05) is 42.0 Å². The summed E-state index contributed by atoms with van der Waals surface area (Å²) in [4.78, 5) is 16.2. The average Bonchev–Trinajstić information content (AvgIpc) is 2.59. The zero-order chi connectivity index (χ0) is 16.2. The van der Waals surface area contributed by atoms with Crippen molar-refractivity contribution >= 4 is 16.9 Å². The third-order valence-electron chi connectivity index (χ3n) is 3.56. The Kier molecular flexibility index (Phi) is 4.24. The van der Waals surface area contributed by atoms with Gasteiger partial charge in [-0.25, -0.2) is 9.78 Å². The number of aryl methyl sites for hydroxylation is 1. The molecule has 0 N–H and O–H groups in total. The minimum Gasteiger partial charge on any atom is -0.488 e. The van der Waals surface area contributed by atoms with Crippen LogP contribution >= 0.6 is 0 Å². The van der Waals surface area contributed by atoms with Gasteiger partial charge in [-0.05, 0) is 24.6 Å². The summed E-state index contributed by atoms with van der Waals surface area (Å²) in [6, 6.07) is 17.4. The molecule has 4 heteroatoms. The molecular formula is C19H17NO3. The highest BCUT2D eigenvalue weighted by atomic mass is 16.5. The Labute approximate surface area is 134 Å². The fourth-order valence-electron chi connectivity index (χ4n) is 2.37. The quantitative estimate of drug-likeness (QED) is 0.686. The van der Waals surface area contributed by atoms with E-state index in [4.69, 9.17) is 9.47 Å². The first-order chi connectivity index (χ1) is 11.2. The van der Waals surface area contributed by atoms with Crippen LogP contribution in [-0.2, 0) is 11.3 Å². The third-order valence-corrected chi connectivity index (χ3v) is 3.56. The van der Waals surface area contributed by atoms with Crippen LogP contribution in [0, 0.1) is 6.92 Å². The molecule has 0 spiro atoms. The van der Waals surface area contributed by atoms with Crippen molar-refractivity contribution in [1.82, 2.24) is 4.98 Å². The minimum absolute atomic E-state index is 0.243. The van der Waals surface area contributed by atoms with E-state index in [0.717, 1.165) is 16.5 Å². The lowest BCUT2D eigenvalue weighted by molar-refractivity contribution is 0.0594. The highest BCUT2D eigenvalue weighted by molar-refractivity contribution is 5.94. The first-order valence-corrected chi connectivity index (χ1v) is 7.34. The van der Waals surface area contributed by atoms with Crippen molar-refractivity contribution in [2.24, 2.45) is 0 Å². The lowest BCUT2D eigenvalue weighted by Gasteiger charge is -2.11. The summed E-state index contributed by atoms with van der Waals surface area (Å²) in [7, 11) is 1.34. The Morgan fingerprint density at radius 1 is 1.09 bits per heavy atom. The first-order valence-electron chi connectivity index (χ1n) is 7.34. The molecule has 2 aromatic carbocycles. The highest BCUT2D eigenvalue weighted by Crippen LogP contribution is 2.27. The molecule has 1 heterocycles. The second kappa shape index (κ2) is 6.48. The zero-order valence-corrected chi connectivity index (χ0v) is 13.1. The van der Waals surface area contributed by atoms with Crippen molar-refractivity contribution in [3.63, 3.8) is 0 Å². The molecule has 0 aliphatic heterocycles. The number of hydrogen-bond acceptors (Lipinski definition) is 4. The van der Waals surface area contributed by atoms with E-state index in [1.165, 1.54) is 7.11 Å². The zero-order valence-electron chi connectivity index (χ0n) is 13.1. The molecule has 0 saturated carbocycles. The van der Waals surface area contributed by atoms with Crippen molar-refractivity contribution in [2.45, 2.75) is 13.5 Å². The number of methoxy groups -OCH3 is 1. The number of esters is 1. The largest absolute Gasteiger partial charge is 0.488 e. The molecule has 0 radical (unpaired) electrons. The maximum Gasteiger partial charge on any atom is 0.356 e. The van der Waals surface area contributed by atoms with Gasteiger partial charge in [0, 0.05) is 11.5 Å². The van der Waals surface area contributed by atoms with E-state index in [0.29, 0.717) is 17.9 Å². The first kappa shape index (κ1) is 15.0. The van der Waals surface area contributed by atoms with Gasteiger partial charge in [0.25, 0.3) is 0 Å². The maximum atomic E-state index is 11.8. The van der Waals surface area contributed by atoms with Crippen molar-refractivity contribution in [3.05, 3.63) is 71.4 Å². The Bertz CT molecular complexity index is 844. The molecule has 0 aliphatic rings. The van der Waals surface area contributed by atoms with E-state index in [9.17, 15) is 4.79 Å². The van der Waals surface area contributed by atoms with E-state index in [1.807, 2.05) is 55.5 Å². The molecule has 3 aromatic rings. The van der Waals surface area contributed by atoms with Gasteiger partial charge < -0.3 is 9.47 Å². The molecule has 0 bridgehead atoms. The van der Waals surface area contributed by atoms with Gasteiger partial charge >= 0.3 is 5.97 Å². The number of carbonyl (C=O) groups is 1. The normalized spacial score (nSPS) is 10.5. The number of pyridine rings is 1. The SMILES string of the molecule is COC(=O)c1cc(OCc2ccccc2)c2cc(C)ccc2n1. The van der Waals surface area contributed by atoms with Crippen molar-refractivity contribution in [2.75, 3.05) is 7.11 Å². The minimum atomic E-state index is -0.475. The van der Waals surface area contributed by atoms with Gasteiger partial charge in [0.05, 0.1) is 12.6 Å². The standard InChI is InChI=1S/C19H17NO3/c1-13-8-9-16-15(10-13)18(11-17(20-16)19(21)22-2)23-12-14-6-4-3-5-7-14/h3-11H,12H2,1-2H3. The number of fused-ring (bicyclic) bond motifs is 1. The summed E-state index contributed by atoms with van der Waals surface area (Å²) >= 11 is 0. The van der Waals surface area contributed by atoms with Crippen LogP contribution in [0.25, 0.3) is 10.9 Å². The van der Waals surface area contributed by atoms with Crippen LogP contribution in [0.5, 0.6) is 5.75 Å². The summed E-state index contributed by atoms with van der Waals surface area (Å²) in [6.07, 6.45) is 0. The number of rotatable bonds is 4. The Morgan fingerprint density at radius 3 is 2.61 bits per heavy atom. The van der Waals surface area contributed by atoms with Crippen LogP contribution in [0.15, 0.2) is 54.6 Å². The van der Waals surface area contributed by atoms with E-state index in [2.05, 4.69) is 4.98 Å². The van der Waals surface area contributed by atoms with Crippen LogP contribution in [0.1, 0.15) is 21.6 Å². The lowest BCUT2D eigenvalue weighted by Crippen LogP contribution is -2.06. The fourth-order valence-corrected chi connectivity index (χ4v) is 2.37. The second-order valence-electron chi connectivity index (χ2n) is 5.29. The van der Waals surface area contributed by atoms with Gasteiger partial charge in [-0.3, -0.25) is 0 Å². The number of carbonyl (C=O) groups excluding carboxylic acids is 1. The van der Waals surface area contributed by atoms with Crippen LogP contribution in [0.2, 0.25) is 0 Å². The Morgan fingerprint density at radius 2 is 1.87 bits per heavy atom. The predicted molar refractivity (Wildman–Crippen MR) is 88.6 cm³/mol. The molecule has 0 fully saturated rings. The van der Waals surface area contributed by atoms with Gasteiger partial charge in [-0.2, -0.15) is 0 Å². The number of aromatic nitrogens is 1. The average molecular weight is 307 g/mol. The number of hydrogen-bond donors (Lipinski definition) is 0. The lowest BCUT2D eigenvalue weighted by atomic mass is 10.1. The third kappa shape index (κ3) is 3.31. The fraction of sp³-hybridized carbons (Fsp3) is 0.158. The van der Waals surface area contributed by atoms with E-state index in [-0.39, 0.29) is 5.69 Å². The van der Waals surface area contributed by atoms with Crippen molar-refractivity contribution < 1.29 is 14.3 Å². The van der Waals surface area contributed by atoms with Crippen LogP contribution in [0.4, 0.5) is 0 Å². The molecule has 0 unspecified atom stereocenters. The summed E-state index contributed by atoms with van der Waals surface area (Å²) in [6.45, 7) is 2.43. The monoisotopic (exact) mass is 307 g/mol. The van der Waals surface area contributed by atoms with E-state index in [1.54, 1.807) is 6.07 Å². The van der Waals surface area contributed by atoms with Crippen molar-refractivity contribution in [3.8, 4) is 5.75 Å². The number of nitrogens with zero attached hydrogens (tertiary/aromatic N) is 1. The van der Waals surface area contributed by atoms with Crippen LogP contribution in [-0.4, -0.2) is 18.1 Å². The number of benzene rings is 2. The molecule has 0 aliphatic carbocycles. The molecule has 0 amide bonds. The Hall–Kier alpha value is -2.88. The van der Waals surface area contributed by atoms with Crippen LogP contribution < -0.4 is 4.74 Å². The van der Waals surface area contributed by atoms with E-state index < -0.39 is 5.97 Å². The highest BCUT2D eigenvalue weighted by Gasteiger charge is 2.13. The predicted octanol–water partition coefficient (Wildman–Crippen LogP) is 3.91. The molecule has 116 valence electrons. The van der Waals surface area contributed by atoms with Crippen molar-refractivity contribution in [1.29, 1.82) is 0 Å². The topological polar surface area (TPSA) is 48.4 Å². The summed E-state index contributed by atoms with van der Waals surface area (Å²) < 4.78 is 10.7. The molecular weight excluding hydrogens is 290 g/mol. The summed E-state index contributed by atoms with van der Waals surface area (Å²) in [5.41, 5.74) is 3.12. The van der Waals surface area contributed by atoms with Gasteiger partial charge in [0.1, 0.15) is 12.4 Å². The molecule has 1 aromatic heterocycles. The second-order valence-corrected chi connectivity index (χ2v) is 5.29. The maximum absolute atomic E-state index is 11.8. The summed E-state index contributed by atoms with van der Waals surface area (Å²) in [5.74, 6) is 0.153. The molecule has 23 heavy (non-hydrogen) atoms.